The highest BCUT2D eigenvalue weighted by Gasteiger charge is 2.29. The van der Waals surface area contributed by atoms with Gasteiger partial charge in [-0.15, -0.1) is 11.3 Å². The number of nitrogens with two attached hydrogens (primary N) is 1. The maximum absolute atomic E-state index is 12.5. The normalized spacial score (nSPS) is 11.6. The summed E-state index contributed by atoms with van der Waals surface area (Å²) in [6.07, 6.45) is -3.72. The number of aromatic nitrogens is 1. The van der Waals surface area contributed by atoms with Crippen molar-refractivity contribution in [3.63, 3.8) is 0 Å². The standard InChI is InChI=1S/C17H13F3N2S/c18-17(19,20)14-7-3-12(4-8-14)9-11-1-5-13(6-2-11)15-10-23-16(21)22-15/h1-8,10H,9H2,(H2,21,22). The number of halogens is 3. The molecule has 0 amide bonds. The van der Waals surface area contributed by atoms with Crippen molar-refractivity contribution in [3.05, 3.63) is 70.6 Å². The maximum atomic E-state index is 12.5. The largest absolute Gasteiger partial charge is 0.416 e. The lowest BCUT2D eigenvalue weighted by molar-refractivity contribution is -0.137. The summed E-state index contributed by atoms with van der Waals surface area (Å²) >= 11 is 1.38. The fourth-order valence-electron chi connectivity index (χ4n) is 2.26. The van der Waals surface area contributed by atoms with E-state index in [1.54, 1.807) is 0 Å². The summed E-state index contributed by atoms with van der Waals surface area (Å²) in [5, 5.41) is 2.41. The number of rotatable bonds is 3. The molecule has 0 atom stereocenters. The molecule has 6 heteroatoms. The Balaban J connectivity index is 1.73. The summed E-state index contributed by atoms with van der Waals surface area (Å²) in [5.74, 6) is 0. The van der Waals surface area contributed by atoms with Crippen LogP contribution in [0.4, 0.5) is 18.3 Å². The van der Waals surface area contributed by atoms with Gasteiger partial charge in [0.15, 0.2) is 5.13 Å². The zero-order valence-corrected chi connectivity index (χ0v) is 12.8. The minimum atomic E-state index is -4.30. The van der Waals surface area contributed by atoms with Gasteiger partial charge in [-0.2, -0.15) is 13.2 Å². The van der Waals surface area contributed by atoms with Gasteiger partial charge in [0.1, 0.15) is 0 Å². The van der Waals surface area contributed by atoms with E-state index in [1.807, 2.05) is 29.6 Å². The lowest BCUT2D eigenvalue weighted by Crippen LogP contribution is -2.04. The van der Waals surface area contributed by atoms with Crippen LogP contribution in [-0.2, 0) is 12.6 Å². The van der Waals surface area contributed by atoms with Crippen molar-refractivity contribution in [1.82, 2.24) is 4.98 Å². The van der Waals surface area contributed by atoms with Crippen LogP contribution in [0, 0.1) is 0 Å². The molecule has 118 valence electrons. The van der Waals surface area contributed by atoms with Crippen LogP contribution in [0.5, 0.6) is 0 Å². The van der Waals surface area contributed by atoms with Crippen LogP contribution in [0.3, 0.4) is 0 Å². The van der Waals surface area contributed by atoms with E-state index in [2.05, 4.69) is 4.98 Å². The smallest absolute Gasteiger partial charge is 0.375 e. The van der Waals surface area contributed by atoms with E-state index in [9.17, 15) is 13.2 Å². The first-order chi connectivity index (χ1) is 10.9. The molecule has 2 aromatic carbocycles. The van der Waals surface area contributed by atoms with E-state index in [4.69, 9.17) is 5.73 Å². The molecule has 2 nitrogen and oxygen atoms in total. The summed E-state index contributed by atoms with van der Waals surface area (Å²) in [7, 11) is 0. The molecule has 0 saturated heterocycles. The number of anilines is 1. The van der Waals surface area contributed by atoms with E-state index in [0.29, 0.717) is 11.6 Å². The summed E-state index contributed by atoms with van der Waals surface area (Å²) in [6, 6.07) is 13.0. The van der Waals surface area contributed by atoms with Crippen molar-refractivity contribution in [2.75, 3.05) is 5.73 Å². The second-order valence-corrected chi connectivity index (χ2v) is 6.03. The van der Waals surface area contributed by atoms with Crippen LogP contribution in [0.2, 0.25) is 0 Å². The topological polar surface area (TPSA) is 38.9 Å². The van der Waals surface area contributed by atoms with E-state index in [0.717, 1.165) is 34.5 Å². The summed E-state index contributed by atoms with van der Waals surface area (Å²) in [4.78, 5) is 4.22. The number of hydrogen-bond donors (Lipinski definition) is 1. The molecule has 23 heavy (non-hydrogen) atoms. The Morgan fingerprint density at radius 3 is 1.96 bits per heavy atom. The van der Waals surface area contributed by atoms with Gasteiger partial charge >= 0.3 is 6.18 Å². The highest BCUT2D eigenvalue weighted by Crippen LogP contribution is 2.29. The first kappa shape index (κ1) is 15.6. The third-order valence-electron chi connectivity index (χ3n) is 3.46. The third kappa shape index (κ3) is 3.71. The predicted octanol–water partition coefficient (Wildman–Crippen LogP) is 5.00. The minimum absolute atomic E-state index is 0.522. The number of thiazole rings is 1. The van der Waals surface area contributed by atoms with Gasteiger partial charge in [0.2, 0.25) is 0 Å². The zero-order chi connectivity index (χ0) is 16.4. The lowest BCUT2D eigenvalue weighted by atomic mass is 10.0. The van der Waals surface area contributed by atoms with Gasteiger partial charge in [0.05, 0.1) is 11.3 Å². The van der Waals surface area contributed by atoms with E-state index in [1.165, 1.54) is 23.5 Å². The number of alkyl halides is 3. The molecule has 0 unspecified atom stereocenters. The second kappa shape index (κ2) is 6.04. The second-order valence-electron chi connectivity index (χ2n) is 5.14. The zero-order valence-electron chi connectivity index (χ0n) is 12.0. The molecule has 1 aromatic heterocycles. The van der Waals surface area contributed by atoms with Gasteiger partial charge in [-0.3, -0.25) is 0 Å². The van der Waals surface area contributed by atoms with Gasteiger partial charge in [-0.25, -0.2) is 4.98 Å². The van der Waals surface area contributed by atoms with Crippen molar-refractivity contribution in [2.24, 2.45) is 0 Å². The van der Waals surface area contributed by atoms with Crippen LogP contribution in [-0.4, -0.2) is 4.98 Å². The Morgan fingerprint density at radius 1 is 0.913 bits per heavy atom. The summed E-state index contributed by atoms with van der Waals surface area (Å²) < 4.78 is 37.6. The Kier molecular flexibility index (Phi) is 4.09. The van der Waals surface area contributed by atoms with Crippen molar-refractivity contribution in [2.45, 2.75) is 12.6 Å². The molecule has 0 bridgehead atoms. The van der Waals surface area contributed by atoms with Crippen LogP contribution in [0.15, 0.2) is 53.9 Å². The van der Waals surface area contributed by atoms with Crippen LogP contribution < -0.4 is 5.73 Å². The van der Waals surface area contributed by atoms with Crippen LogP contribution >= 0.6 is 11.3 Å². The molecule has 0 radical (unpaired) electrons. The molecule has 0 saturated carbocycles. The highest BCUT2D eigenvalue weighted by molar-refractivity contribution is 7.13. The molecule has 0 fully saturated rings. The van der Waals surface area contributed by atoms with E-state index < -0.39 is 11.7 Å². The first-order valence-electron chi connectivity index (χ1n) is 6.88. The molecule has 2 N–H and O–H groups in total. The molecule has 0 aliphatic rings. The molecule has 1 heterocycles. The molecule has 0 aliphatic carbocycles. The predicted molar refractivity (Wildman–Crippen MR) is 86.2 cm³/mol. The third-order valence-corrected chi connectivity index (χ3v) is 4.14. The van der Waals surface area contributed by atoms with Gasteiger partial charge in [0, 0.05) is 10.9 Å². The number of nitrogen functional groups attached to an aromatic ring is 1. The van der Waals surface area contributed by atoms with Gasteiger partial charge in [-0.1, -0.05) is 36.4 Å². The molecule has 3 rings (SSSR count). The van der Waals surface area contributed by atoms with Crippen molar-refractivity contribution >= 4 is 16.5 Å². The number of nitrogens with zero attached hydrogens (tertiary/aromatic N) is 1. The average molecular weight is 334 g/mol. The Morgan fingerprint density at radius 2 is 1.48 bits per heavy atom. The molecule has 0 aliphatic heterocycles. The Labute approximate surface area is 135 Å². The van der Waals surface area contributed by atoms with Gasteiger partial charge in [0.25, 0.3) is 0 Å². The number of benzene rings is 2. The molecule has 3 aromatic rings. The lowest BCUT2D eigenvalue weighted by Gasteiger charge is -2.08. The fraction of sp³-hybridized carbons (Fsp3) is 0.118. The number of hydrogen-bond acceptors (Lipinski definition) is 3. The maximum Gasteiger partial charge on any atom is 0.416 e. The monoisotopic (exact) mass is 334 g/mol. The van der Waals surface area contributed by atoms with Gasteiger partial charge < -0.3 is 5.73 Å². The summed E-state index contributed by atoms with van der Waals surface area (Å²) in [5.41, 5.74) is 8.65. The SMILES string of the molecule is Nc1nc(-c2ccc(Cc3ccc(C(F)(F)F)cc3)cc2)cs1. The van der Waals surface area contributed by atoms with Gasteiger partial charge in [-0.05, 0) is 29.7 Å². The van der Waals surface area contributed by atoms with Crippen molar-refractivity contribution in [3.8, 4) is 11.3 Å². The summed E-state index contributed by atoms with van der Waals surface area (Å²) in [6.45, 7) is 0. The average Bonchev–Trinajstić information content (AvgIpc) is 2.94. The highest BCUT2D eigenvalue weighted by atomic mass is 32.1. The molecule has 0 spiro atoms. The van der Waals surface area contributed by atoms with Crippen LogP contribution in [0.25, 0.3) is 11.3 Å². The van der Waals surface area contributed by atoms with E-state index in [-0.39, 0.29) is 0 Å². The van der Waals surface area contributed by atoms with Crippen LogP contribution in [0.1, 0.15) is 16.7 Å². The Hall–Kier alpha value is -2.34. The molecular formula is C17H13F3N2S. The molecular weight excluding hydrogens is 321 g/mol. The minimum Gasteiger partial charge on any atom is -0.375 e. The van der Waals surface area contributed by atoms with Crippen molar-refractivity contribution in [1.29, 1.82) is 0 Å². The first-order valence-corrected chi connectivity index (χ1v) is 7.76. The Bertz CT molecular complexity index is 790. The quantitative estimate of drug-likeness (QED) is 0.732. The van der Waals surface area contributed by atoms with Crippen molar-refractivity contribution < 1.29 is 13.2 Å². The fourth-order valence-corrected chi connectivity index (χ4v) is 2.83. The van der Waals surface area contributed by atoms with E-state index >= 15 is 0 Å².